The number of fused-ring (bicyclic) bond motifs is 10. The van der Waals surface area contributed by atoms with Crippen LogP contribution in [0.15, 0.2) is 170 Å². The number of hydrogen-bond donors (Lipinski definition) is 0. The normalized spacial score (nSPS) is 12.1. The van der Waals surface area contributed by atoms with E-state index >= 15 is 0 Å². The fourth-order valence-corrected chi connectivity index (χ4v) is 9.23. The number of hydrogen-bond acceptors (Lipinski definition) is 1. The van der Waals surface area contributed by atoms with Crippen LogP contribution in [-0.4, -0.2) is 9.13 Å². The Kier molecular flexibility index (Phi) is 5.57. The second-order valence-corrected chi connectivity index (χ2v) is 14.0. The van der Waals surface area contributed by atoms with E-state index in [1.54, 1.807) is 0 Å². The minimum atomic E-state index is 1.16. The number of thiophene rings is 1. The molecule has 0 N–H and O–H groups in total. The van der Waals surface area contributed by atoms with Crippen molar-refractivity contribution in [1.29, 1.82) is 0 Å². The van der Waals surface area contributed by atoms with Gasteiger partial charge in [-0.15, -0.1) is 11.3 Å². The largest absolute Gasteiger partial charge is 0.309 e. The predicted octanol–water partition coefficient (Wildman–Crippen LogP) is 13.1. The molecule has 0 radical (unpaired) electrons. The van der Waals surface area contributed by atoms with Gasteiger partial charge in [-0.2, -0.15) is 0 Å². The Morgan fingerprint density at radius 1 is 0.347 bits per heavy atom. The number of para-hydroxylation sites is 2. The first-order valence-corrected chi connectivity index (χ1v) is 17.6. The lowest BCUT2D eigenvalue weighted by molar-refractivity contribution is 1.18. The summed E-state index contributed by atoms with van der Waals surface area (Å²) in [5, 5.41) is 10.2. The van der Waals surface area contributed by atoms with Gasteiger partial charge in [0, 0.05) is 53.1 Å². The molecule has 2 nitrogen and oxygen atoms in total. The molecule has 0 saturated carbocycles. The Balaban J connectivity index is 1.20. The van der Waals surface area contributed by atoms with Gasteiger partial charge in [0.05, 0.1) is 22.1 Å². The fourth-order valence-electron chi connectivity index (χ4n) is 8.10. The molecule has 8 aromatic carbocycles. The van der Waals surface area contributed by atoms with Crippen molar-refractivity contribution in [2.24, 2.45) is 0 Å². The smallest absolute Gasteiger partial charge is 0.0548 e. The zero-order valence-corrected chi connectivity index (χ0v) is 27.3. The summed E-state index contributed by atoms with van der Waals surface area (Å²) in [5.74, 6) is 0. The average Bonchev–Trinajstić information content (AvgIpc) is 3.80. The van der Waals surface area contributed by atoms with Gasteiger partial charge in [-0.05, 0) is 88.6 Å². The molecule has 0 fully saturated rings. The molecular formula is C46H28N2S. The molecule has 49 heavy (non-hydrogen) atoms. The van der Waals surface area contributed by atoms with Gasteiger partial charge >= 0.3 is 0 Å². The second kappa shape index (κ2) is 10.2. The summed E-state index contributed by atoms with van der Waals surface area (Å²) in [5.41, 5.74) is 9.72. The Morgan fingerprint density at radius 3 is 1.73 bits per heavy atom. The molecule has 0 bridgehead atoms. The molecule has 3 aromatic heterocycles. The molecule has 3 heteroatoms. The Hall–Kier alpha value is -6.16. The van der Waals surface area contributed by atoms with Crippen LogP contribution in [0.1, 0.15) is 0 Å². The average molecular weight is 641 g/mol. The Morgan fingerprint density at radius 2 is 0.918 bits per heavy atom. The molecule has 11 aromatic rings. The molecule has 11 rings (SSSR count). The molecule has 0 spiro atoms. The quantitative estimate of drug-likeness (QED) is 0.182. The second-order valence-electron chi connectivity index (χ2n) is 13.0. The first kappa shape index (κ1) is 26.9. The molecule has 0 aliphatic carbocycles. The third kappa shape index (κ3) is 3.88. The van der Waals surface area contributed by atoms with Crippen molar-refractivity contribution in [3.8, 4) is 22.5 Å². The summed E-state index contributed by atoms with van der Waals surface area (Å²) in [6, 6.07) is 62.5. The lowest BCUT2D eigenvalue weighted by Crippen LogP contribution is -1.95. The highest BCUT2D eigenvalue weighted by atomic mass is 32.1. The molecular weight excluding hydrogens is 613 g/mol. The van der Waals surface area contributed by atoms with Crippen molar-refractivity contribution in [3.05, 3.63) is 170 Å². The maximum Gasteiger partial charge on any atom is 0.0548 e. The maximum atomic E-state index is 2.47. The number of aromatic nitrogens is 2. The van der Waals surface area contributed by atoms with Crippen LogP contribution in [0.3, 0.4) is 0 Å². The van der Waals surface area contributed by atoms with Gasteiger partial charge in [-0.3, -0.25) is 0 Å². The predicted molar refractivity (Wildman–Crippen MR) is 211 cm³/mol. The first-order valence-electron chi connectivity index (χ1n) is 16.8. The topological polar surface area (TPSA) is 9.86 Å². The highest BCUT2D eigenvalue weighted by Crippen LogP contribution is 2.42. The van der Waals surface area contributed by atoms with Crippen LogP contribution in [0, 0.1) is 0 Å². The zero-order valence-electron chi connectivity index (χ0n) is 26.5. The Labute approximate surface area is 286 Å². The van der Waals surface area contributed by atoms with Gasteiger partial charge in [-0.1, -0.05) is 103 Å². The van der Waals surface area contributed by atoms with Crippen LogP contribution >= 0.6 is 11.3 Å². The van der Waals surface area contributed by atoms with Gasteiger partial charge in [0.2, 0.25) is 0 Å². The molecule has 0 atom stereocenters. The molecule has 0 saturated heterocycles. The summed E-state index contributed by atoms with van der Waals surface area (Å²) in [6.07, 6.45) is 0. The maximum absolute atomic E-state index is 2.47. The van der Waals surface area contributed by atoms with Gasteiger partial charge in [0.1, 0.15) is 0 Å². The van der Waals surface area contributed by atoms with Gasteiger partial charge in [-0.25, -0.2) is 0 Å². The van der Waals surface area contributed by atoms with Gasteiger partial charge in [0.15, 0.2) is 0 Å². The van der Waals surface area contributed by atoms with Crippen LogP contribution in [0.4, 0.5) is 0 Å². The molecule has 3 heterocycles. The van der Waals surface area contributed by atoms with Crippen molar-refractivity contribution >= 4 is 85.9 Å². The summed E-state index contributed by atoms with van der Waals surface area (Å²) in [6.45, 7) is 0. The molecule has 228 valence electrons. The lowest BCUT2D eigenvalue weighted by atomic mass is 9.99. The third-order valence-corrected chi connectivity index (χ3v) is 11.4. The van der Waals surface area contributed by atoms with Crippen LogP contribution in [-0.2, 0) is 0 Å². The standard InChI is InChI=1S/C46H28N2S/c1-2-13-32(14-3-1)47-40-18-8-6-15-35(40)38-27-43-39(28-42(38)47)37-25-30-11-4-5-12-31(30)26-41(37)48(43)33-23-21-29(22-24-33)34-17-10-20-45-46(34)36-16-7-9-19-44(36)49-45/h1-28H. The van der Waals surface area contributed by atoms with Crippen molar-refractivity contribution in [2.45, 2.75) is 0 Å². The zero-order chi connectivity index (χ0) is 32.1. The van der Waals surface area contributed by atoms with Crippen molar-refractivity contribution < 1.29 is 0 Å². The van der Waals surface area contributed by atoms with Gasteiger partial charge in [0.25, 0.3) is 0 Å². The van der Waals surface area contributed by atoms with Crippen LogP contribution in [0.5, 0.6) is 0 Å². The van der Waals surface area contributed by atoms with E-state index < -0.39 is 0 Å². The number of benzene rings is 8. The molecule has 0 aliphatic rings. The van der Waals surface area contributed by atoms with Gasteiger partial charge < -0.3 is 9.13 Å². The Bertz CT molecular complexity index is 3090. The van der Waals surface area contributed by atoms with Crippen molar-refractivity contribution in [1.82, 2.24) is 9.13 Å². The fraction of sp³-hybridized carbons (Fsp3) is 0. The van der Waals surface area contributed by atoms with E-state index in [4.69, 9.17) is 0 Å². The van der Waals surface area contributed by atoms with E-state index in [0.29, 0.717) is 0 Å². The summed E-state index contributed by atoms with van der Waals surface area (Å²) in [4.78, 5) is 0. The van der Waals surface area contributed by atoms with E-state index in [1.807, 2.05) is 11.3 Å². The highest BCUT2D eigenvalue weighted by molar-refractivity contribution is 7.25. The van der Waals surface area contributed by atoms with E-state index in [-0.39, 0.29) is 0 Å². The monoisotopic (exact) mass is 640 g/mol. The van der Waals surface area contributed by atoms with E-state index in [2.05, 4.69) is 179 Å². The molecule has 0 aliphatic heterocycles. The van der Waals surface area contributed by atoms with Crippen LogP contribution in [0.25, 0.3) is 97.1 Å². The summed E-state index contributed by atoms with van der Waals surface area (Å²) < 4.78 is 7.54. The lowest BCUT2D eigenvalue weighted by Gasteiger charge is -2.11. The van der Waals surface area contributed by atoms with E-state index in [1.165, 1.54) is 91.4 Å². The minimum Gasteiger partial charge on any atom is -0.309 e. The van der Waals surface area contributed by atoms with Crippen molar-refractivity contribution in [3.63, 3.8) is 0 Å². The third-order valence-electron chi connectivity index (χ3n) is 10.3. The highest BCUT2D eigenvalue weighted by Gasteiger charge is 2.19. The van der Waals surface area contributed by atoms with Crippen LogP contribution in [0.2, 0.25) is 0 Å². The number of nitrogens with zero attached hydrogens (tertiary/aromatic N) is 2. The van der Waals surface area contributed by atoms with Crippen molar-refractivity contribution in [2.75, 3.05) is 0 Å². The molecule has 0 amide bonds. The molecule has 0 unspecified atom stereocenters. The first-order chi connectivity index (χ1) is 24.3. The number of rotatable bonds is 3. The van der Waals surface area contributed by atoms with Crippen LogP contribution < -0.4 is 0 Å². The minimum absolute atomic E-state index is 1.16. The summed E-state index contributed by atoms with van der Waals surface area (Å²) >= 11 is 1.87. The van der Waals surface area contributed by atoms with E-state index in [9.17, 15) is 0 Å². The summed E-state index contributed by atoms with van der Waals surface area (Å²) in [7, 11) is 0. The SMILES string of the molecule is c1ccc(-n2c3ccccc3c3cc4c(cc32)c2cc3ccccc3cc2n4-c2ccc(-c3cccc4sc5ccccc5c34)cc2)cc1. The van der Waals surface area contributed by atoms with E-state index in [0.717, 1.165) is 5.69 Å².